The maximum atomic E-state index is 11.8. The van der Waals surface area contributed by atoms with Crippen molar-refractivity contribution in [2.45, 2.75) is 19.9 Å². The van der Waals surface area contributed by atoms with Gasteiger partial charge in [0.05, 0.1) is 10.8 Å². The van der Waals surface area contributed by atoms with Crippen LogP contribution in [-0.4, -0.2) is 22.8 Å². The minimum atomic E-state index is -0.542. The Balaban J connectivity index is 2.73. The van der Waals surface area contributed by atoms with Gasteiger partial charge in [-0.15, -0.1) is 0 Å². The van der Waals surface area contributed by atoms with E-state index in [0.717, 1.165) is 0 Å². The highest BCUT2D eigenvalue weighted by molar-refractivity contribution is 5.95. The van der Waals surface area contributed by atoms with Crippen LogP contribution in [0.3, 0.4) is 0 Å². The Morgan fingerprint density at radius 3 is 2.21 bits per heavy atom. The summed E-state index contributed by atoms with van der Waals surface area (Å²) in [5, 5.41) is 13.1. The van der Waals surface area contributed by atoms with Crippen molar-refractivity contribution in [3.05, 3.63) is 39.9 Å². The topological polar surface area (TPSA) is 115 Å². The number of benzene rings is 1. The van der Waals surface area contributed by atoms with Gasteiger partial charge < -0.3 is 11.1 Å². The molecule has 0 heterocycles. The number of primary amides is 1. The molecule has 0 aliphatic heterocycles. The van der Waals surface area contributed by atoms with Gasteiger partial charge in [-0.05, 0) is 19.1 Å². The number of nitro groups is 1. The first kappa shape index (κ1) is 14.6. The van der Waals surface area contributed by atoms with E-state index in [9.17, 15) is 19.7 Å². The van der Waals surface area contributed by atoms with Crippen molar-refractivity contribution < 1.29 is 14.5 Å². The van der Waals surface area contributed by atoms with Gasteiger partial charge in [0.2, 0.25) is 5.91 Å². The van der Waals surface area contributed by atoms with Crippen molar-refractivity contribution in [1.29, 1.82) is 0 Å². The van der Waals surface area contributed by atoms with E-state index in [4.69, 9.17) is 5.73 Å². The van der Waals surface area contributed by atoms with E-state index in [1.54, 1.807) is 13.8 Å². The van der Waals surface area contributed by atoms with Crippen LogP contribution < -0.4 is 11.1 Å². The van der Waals surface area contributed by atoms with Crippen LogP contribution in [0, 0.1) is 16.0 Å². The quantitative estimate of drug-likeness (QED) is 0.606. The van der Waals surface area contributed by atoms with E-state index in [1.165, 1.54) is 24.3 Å². The Morgan fingerprint density at radius 2 is 1.79 bits per heavy atom. The number of rotatable bonds is 5. The molecular weight excluding hydrogens is 250 g/mol. The van der Waals surface area contributed by atoms with E-state index in [2.05, 4.69) is 5.32 Å². The van der Waals surface area contributed by atoms with Crippen LogP contribution in [0.2, 0.25) is 0 Å². The third-order valence-electron chi connectivity index (χ3n) is 2.90. The van der Waals surface area contributed by atoms with Gasteiger partial charge in [0.15, 0.2) is 0 Å². The number of hydrogen-bond acceptors (Lipinski definition) is 4. The first-order valence-corrected chi connectivity index (χ1v) is 5.67. The van der Waals surface area contributed by atoms with E-state index in [-0.39, 0.29) is 11.3 Å². The first-order valence-electron chi connectivity index (χ1n) is 5.67. The predicted molar refractivity (Wildman–Crippen MR) is 68.4 cm³/mol. The molecule has 0 saturated carbocycles. The number of nitrogens with one attached hydrogen (secondary N) is 1. The van der Waals surface area contributed by atoms with Gasteiger partial charge in [0, 0.05) is 23.7 Å². The average Bonchev–Trinajstić information content (AvgIpc) is 2.37. The summed E-state index contributed by atoms with van der Waals surface area (Å²) >= 11 is 0. The van der Waals surface area contributed by atoms with Crippen molar-refractivity contribution in [1.82, 2.24) is 5.32 Å². The molecule has 0 bridgehead atoms. The van der Waals surface area contributed by atoms with Crippen LogP contribution in [0.5, 0.6) is 0 Å². The van der Waals surface area contributed by atoms with Gasteiger partial charge in [-0.1, -0.05) is 6.92 Å². The highest BCUT2D eigenvalue weighted by Gasteiger charge is 2.20. The SMILES string of the molecule is CC(NC(=O)c1ccc([N+](=O)[O-])cc1)C(C)C(N)=O. The summed E-state index contributed by atoms with van der Waals surface area (Å²) in [5.74, 6) is -1.41. The Labute approximate surface area is 109 Å². The van der Waals surface area contributed by atoms with Crippen molar-refractivity contribution in [3.63, 3.8) is 0 Å². The molecule has 2 atom stereocenters. The number of non-ortho nitro benzene ring substituents is 1. The summed E-state index contributed by atoms with van der Waals surface area (Å²) in [6.07, 6.45) is 0. The summed E-state index contributed by atoms with van der Waals surface area (Å²) in [4.78, 5) is 32.7. The Hall–Kier alpha value is -2.44. The van der Waals surface area contributed by atoms with Crippen LogP contribution in [0.15, 0.2) is 24.3 Å². The van der Waals surface area contributed by atoms with Crippen molar-refractivity contribution in [2.24, 2.45) is 11.7 Å². The Bertz CT molecular complexity index is 498. The van der Waals surface area contributed by atoms with Gasteiger partial charge in [-0.2, -0.15) is 0 Å². The fourth-order valence-electron chi connectivity index (χ4n) is 1.40. The number of nitrogens with zero attached hydrogens (tertiary/aromatic N) is 1. The van der Waals surface area contributed by atoms with E-state index in [0.29, 0.717) is 0 Å². The lowest BCUT2D eigenvalue weighted by molar-refractivity contribution is -0.384. The molecule has 1 aromatic carbocycles. The van der Waals surface area contributed by atoms with Gasteiger partial charge >= 0.3 is 0 Å². The lowest BCUT2D eigenvalue weighted by atomic mass is 10.0. The van der Waals surface area contributed by atoms with Crippen molar-refractivity contribution in [3.8, 4) is 0 Å². The van der Waals surface area contributed by atoms with Crippen molar-refractivity contribution in [2.75, 3.05) is 0 Å². The van der Waals surface area contributed by atoms with Crippen LogP contribution in [-0.2, 0) is 4.79 Å². The molecule has 102 valence electrons. The molecular formula is C12H15N3O4. The summed E-state index contributed by atoms with van der Waals surface area (Å²) in [6.45, 7) is 3.28. The molecule has 1 rings (SSSR count). The molecule has 0 aliphatic rings. The third-order valence-corrected chi connectivity index (χ3v) is 2.90. The second-order valence-electron chi connectivity index (χ2n) is 4.26. The molecule has 7 heteroatoms. The highest BCUT2D eigenvalue weighted by Crippen LogP contribution is 2.12. The zero-order valence-corrected chi connectivity index (χ0v) is 10.6. The maximum Gasteiger partial charge on any atom is 0.269 e. The van der Waals surface area contributed by atoms with E-state index >= 15 is 0 Å². The third kappa shape index (κ3) is 3.77. The van der Waals surface area contributed by atoms with Crippen LogP contribution in [0.25, 0.3) is 0 Å². The largest absolute Gasteiger partial charge is 0.369 e. The standard InChI is InChI=1S/C12H15N3O4/c1-7(11(13)16)8(2)14-12(17)9-3-5-10(6-4-9)15(18)19/h3-8H,1-2H3,(H2,13,16)(H,14,17). The number of carbonyl (C=O) groups is 2. The molecule has 7 nitrogen and oxygen atoms in total. The summed E-state index contributed by atoms with van der Waals surface area (Å²) < 4.78 is 0. The molecule has 0 aromatic heterocycles. The molecule has 1 aromatic rings. The lowest BCUT2D eigenvalue weighted by Crippen LogP contribution is -2.42. The minimum Gasteiger partial charge on any atom is -0.369 e. The minimum absolute atomic E-state index is 0.0879. The van der Waals surface area contributed by atoms with Gasteiger partial charge in [-0.25, -0.2) is 0 Å². The molecule has 2 amide bonds. The lowest BCUT2D eigenvalue weighted by Gasteiger charge is -2.18. The maximum absolute atomic E-state index is 11.8. The van der Waals surface area contributed by atoms with Gasteiger partial charge in [0.1, 0.15) is 0 Å². The zero-order valence-electron chi connectivity index (χ0n) is 10.6. The molecule has 0 fully saturated rings. The second kappa shape index (κ2) is 5.94. The Morgan fingerprint density at radius 1 is 1.26 bits per heavy atom. The molecule has 0 saturated heterocycles. The number of carbonyl (C=O) groups excluding carboxylic acids is 2. The van der Waals surface area contributed by atoms with Gasteiger partial charge in [-0.3, -0.25) is 19.7 Å². The number of nitro benzene ring substituents is 1. The molecule has 19 heavy (non-hydrogen) atoms. The summed E-state index contributed by atoms with van der Waals surface area (Å²) in [5.41, 5.74) is 5.34. The number of amides is 2. The fourth-order valence-corrected chi connectivity index (χ4v) is 1.40. The molecule has 2 unspecified atom stereocenters. The van der Waals surface area contributed by atoms with E-state index in [1.807, 2.05) is 0 Å². The molecule has 3 N–H and O–H groups in total. The highest BCUT2D eigenvalue weighted by atomic mass is 16.6. The summed E-state index contributed by atoms with van der Waals surface area (Å²) in [7, 11) is 0. The fraction of sp³-hybridized carbons (Fsp3) is 0.333. The smallest absolute Gasteiger partial charge is 0.269 e. The average molecular weight is 265 g/mol. The van der Waals surface area contributed by atoms with Crippen LogP contribution >= 0.6 is 0 Å². The molecule has 0 spiro atoms. The first-order chi connectivity index (χ1) is 8.82. The summed E-state index contributed by atoms with van der Waals surface area (Å²) in [6, 6.07) is 4.79. The number of nitrogens with two attached hydrogens (primary N) is 1. The van der Waals surface area contributed by atoms with Crippen LogP contribution in [0.4, 0.5) is 5.69 Å². The van der Waals surface area contributed by atoms with E-state index < -0.39 is 28.7 Å². The van der Waals surface area contributed by atoms with Crippen LogP contribution in [0.1, 0.15) is 24.2 Å². The predicted octanol–water partition coefficient (Wildman–Crippen LogP) is 0.834. The Kier molecular flexibility index (Phi) is 4.57. The molecule has 0 aliphatic carbocycles. The monoisotopic (exact) mass is 265 g/mol. The molecule has 0 radical (unpaired) electrons. The second-order valence-corrected chi connectivity index (χ2v) is 4.26. The van der Waals surface area contributed by atoms with Crippen molar-refractivity contribution >= 4 is 17.5 Å². The normalized spacial score (nSPS) is 13.4. The zero-order chi connectivity index (χ0) is 14.6. The number of hydrogen-bond donors (Lipinski definition) is 2. The van der Waals surface area contributed by atoms with Gasteiger partial charge in [0.25, 0.3) is 11.6 Å².